The molecule has 26 heavy (non-hydrogen) atoms. The Balaban J connectivity index is 1.59. The molecule has 0 bridgehead atoms. The van der Waals surface area contributed by atoms with Crippen molar-refractivity contribution in [3.63, 3.8) is 0 Å². The first-order chi connectivity index (χ1) is 12.6. The summed E-state index contributed by atoms with van der Waals surface area (Å²) < 4.78 is 1.99. The summed E-state index contributed by atoms with van der Waals surface area (Å²) in [4.78, 5) is 27.1. The number of hydrogen-bond donors (Lipinski definition) is 0. The molecule has 4 rings (SSSR count). The monoisotopic (exact) mass is 352 g/mol. The maximum absolute atomic E-state index is 4.74. The zero-order valence-electron chi connectivity index (χ0n) is 15.8. The summed E-state index contributed by atoms with van der Waals surface area (Å²) in [5, 5.41) is 0. The van der Waals surface area contributed by atoms with E-state index in [1.165, 1.54) is 5.56 Å². The van der Waals surface area contributed by atoms with Gasteiger partial charge in [0.25, 0.3) is 0 Å². The van der Waals surface area contributed by atoms with Gasteiger partial charge >= 0.3 is 0 Å². The summed E-state index contributed by atoms with van der Waals surface area (Å²) in [6.07, 6.45) is 4.34. The molecule has 1 fully saturated rings. The van der Waals surface area contributed by atoms with Crippen molar-refractivity contribution in [3.05, 3.63) is 29.7 Å². The van der Waals surface area contributed by atoms with Crippen LogP contribution in [0.2, 0.25) is 0 Å². The van der Waals surface area contributed by atoms with Gasteiger partial charge in [0.15, 0.2) is 11.5 Å². The third kappa shape index (κ3) is 2.75. The Morgan fingerprint density at radius 2 is 1.62 bits per heavy atom. The topological polar surface area (TPSA) is 75.9 Å². The molecule has 1 aliphatic rings. The molecule has 0 radical (unpaired) electrons. The van der Waals surface area contributed by atoms with Gasteiger partial charge in [0, 0.05) is 44.5 Å². The van der Waals surface area contributed by atoms with Crippen molar-refractivity contribution < 1.29 is 0 Å². The fourth-order valence-electron chi connectivity index (χ4n) is 3.72. The first kappa shape index (κ1) is 16.7. The SMILES string of the molecule is CCc1c(C)nc(C)nc1N1CCN(c2ncnc3ncn(C)c23)CC1. The molecule has 4 heterocycles. The molecular weight excluding hydrogens is 328 g/mol. The van der Waals surface area contributed by atoms with E-state index in [0.29, 0.717) is 0 Å². The lowest BCUT2D eigenvalue weighted by atomic mass is 10.1. The van der Waals surface area contributed by atoms with Crippen molar-refractivity contribution in [3.8, 4) is 0 Å². The third-order valence-electron chi connectivity index (χ3n) is 5.03. The van der Waals surface area contributed by atoms with Crippen LogP contribution in [0.5, 0.6) is 0 Å². The number of imidazole rings is 1. The van der Waals surface area contributed by atoms with E-state index >= 15 is 0 Å². The largest absolute Gasteiger partial charge is 0.353 e. The number of hydrogen-bond acceptors (Lipinski definition) is 7. The van der Waals surface area contributed by atoms with E-state index in [-0.39, 0.29) is 0 Å². The summed E-state index contributed by atoms with van der Waals surface area (Å²) in [6, 6.07) is 0. The van der Waals surface area contributed by atoms with Crippen LogP contribution in [0.25, 0.3) is 11.2 Å². The van der Waals surface area contributed by atoms with Crippen LogP contribution in [0, 0.1) is 13.8 Å². The van der Waals surface area contributed by atoms with Gasteiger partial charge in [-0.25, -0.2) is 24.9 Å². The number of nitrogens with zero attached hydrogens (tertiary/aromatic N) is 8. The minimum absolute atomic E-state index is 0.746. The first-order valence-corrected chi connectivity index (χ1v) is 9.04. The molecule has 8 heteroatoms. The smallest absolute Gasteiger partial charge is 0.182 e. The van der Waals surface area contributed by atoms with E-state index in [0.717, 1.165) is 66.9 Å². The van der Waals surface area contributed by atoms with Gasteiger partial charge in [-0.1, -0.05) is 6.92 Å². The number of anilines is 2. The van der Waals surface area contributed by atoms with Crippen molar-refractivity contribution in [1.82, 2.24) is 29.5 Å². The second kappa shape index (κ2) is 6.51. The molecule has 0 aliphatic carbocycles. The van der Waals surface area contributed by atoms with Crippen molar-refractivity contribution in [2.75, 3.05) is 36.0 Å². The summed E-state index contributed by atoms with van der Waals surface area (Å²) in [7, 11) is 1.98. The average Bonchev–Trinajstić information content (AvgIpc) is 3.03. The standard InChI is InChI=1S/C18H24N8/c1-5-14-12(2)22-13(3)23-17(14)25-6-8-26(9-7-25)18-15-16(19-10-20-18)21-11-24(15)4/h10-11H,5-9H2,1-4H3. The molecule has 0 saturated carbocycles. The molecule has 3 aromatic rings. The number of aryl methyl sites for hydroxylation is 3. The fourth-order valence-corrected chi connectivity index (χ4v) is 3.72. The predicted molar refractivity (Wildman–Crippen MR) is 102 cm³/mol. The van der Waals surface area contributed by atoms with Crippen LogP contribution >= 0.6 is 0 Å². The molecule has 0 aromatic carbocycles. The lowest BCUT2D eigenvalue weighted by molar-refractivity contribution is 0.636. The van der Waals surface area contributed by atoms with Crippen molar-refractivity contribution in [2.45, 2.75) is 27.2 Å². The Bertz CT molecular complexity index is 940. The highest BCUT2D eigenvalue weighted by Gasteiger charge is 2.24. The molecule has 0 amide bonds. The number of aromatic nitrogens is 6. The van der Waals surface area contributed by atoms with Crippen LogP contribution in [0.3, 0.4) is 0 Å². The normalized spacial score (nSPS) is 15.1. The predicted octanol–water partition coefficient (Wildman–Crippen LogP) is 1.66. The second-order valence-electron chi connectivity index (χ2n) is 6.71. The maximum atomic E-state index is 4.74. The molecule has 8 nitrogen and oxygen atoms in total. The van der Waals surface area contributed by atoms with E-state index in [9.17, 15) is 0 Å². The first-order valence-electron chi connectivity index (χ1n) is 9.04. The Kier molecular flexibility index (Phi) is 4.18. The zero-order chi connectivity index (χ0) is 18.3. The van der Waals surface area contributed by atoms with Crippen LogP contribution in [-0.4, -0.2) is 55.7 Å². The number of rotatable bonds is 3. The van der Waals surface area contributed by atoms with E-state index in [2.05, 4.69) is 43.6 Å². The summed E-state index contributed by atoms with van der Waals surface area (Å²) in [6.45, 7) is 9.81. The van der Waals surface area contributed by atoms with Crippen LogP contribution in [0.1, 0.15) is 24.0 Å². The van der Waals surface area contributed by atoms with Gasteiger partial charge < -0.3 is 14.4 Å². The average molecular weight is 352 g/mol. The van der Waals surface area contributed by atoms with Gasteiger partial charge in [-0.2, -0.15) is 0 Å². The lowest BCUT2D eigenvalue weighted by Gasteiger charge is -2.37. The minimum Gasteiger partial charge on any atom is -0.353 e. The van der Waals surface area contributed by atoms with E-state index < -0.39 is 0 Å². The molecule has 3 aromatic heterocycles. The highest BCUT2D eigenvalue weighted by atomic mass is 15.3. The molecule has 0 N–H and O–H groups in total. The molecule has 0 atom stereocenters. The summed E-state index contributed by atoms with van der Waals surface area (Å²) >= 11 is 0. The highest BCUT2D eigenvalue weighted by molar-refractivity contribution is 5.83. The molecule has 0 unspecified atom stereocenters. The molecule has 1 saturated heterocycles. The maximum Gasteiger partial charge on any atom is 0.182 e. The zero-order valence-corrected chi connectivity index (χ0v) is 15.8. The van der Waals surface area contributed by atoms with E-state index in [1.807, 2.05) is 18.5 Å². The van der Waals surface area contributed by atoms with E-state index in [1.54, 1.807) is 12.7 Å². The van der Waals surface area contributed by atoms with Gasteiger partial charge in [0.1, 0.15) is 23.5 Å². The van der Waals surface area contributed by atoms with Crippen molar-refractivity contribution >= 4 is 22.8 Å². The number of fused-ring (bicyclic) bond motifs is 1. The van der Waals surface area contributed by atoms with Crippen molar-refractivity contribution in [1.29, 1.82) is 0 Å². The van der Waals surface area contributed by atoms with Gasteiger partial charge in [-0.3, -0.25) is 0 Å². The van der Waals surface area contributed by atoms with Crippen LogP contribution in [0.4, 0.5) is 11.6 Å². The quantitative estimate of drug-likeness (QED) is 0.709. The lowest BCUT2D eigenvalue weighted by Crippen LogP contribution is -2.47. The summed E-state index contributed by atoms with van der Waals surface area (Å²) in [5.74, 6) is 2.88. The Morgan fingerprint density at radius 3 is 2.31 bits per heavy atom. The van der Waals surface area contributed by atoms with E-state index in [4.69, 9.17) is 4.98 Å². The van der Waals surface area contributed by atoms with Gasteiger partial charge in [-0.05, 0) is 20.3 Å². The van der Waals surface area contributed by atoms with Crippen LogP contribution in [0.15, 0.2) is 12.7 Å². The van der Waals surface area contributed by atoms with Crippen molar-refractivity contribution in [2.24, 2.45) is 7.05 Å². The van der Waals surface area contributed by atoms with Crippen LogP contribution in [-0.2, 0) is 13.5 Å². The number of piperazine rings is 1. The van der Waals surface area contributed by atoms with Gasteiger partial charge in [-0.15, -0.1) is 0 Å². The summed E-state index contributed by atoms with van der Waals surface area (Å²) in [5.41, 5.74) is 4.07. The highest BCUT2D eigenvalue weighted by Crippen LogP contribution is 2.26. The fraction of sp³-hybridized carbons (Fsp3) is 0.500. The molecule has 136 valence electrons. The Labute approximate surface area is 152 Å². The van der Waals surface area contributed by atoms with Gasteiger partial charge in [0.05, 0.1) is 6.33 Å². The molecular formula is C18H24N8. The Hall–Kier alpha value is -2.77. The second-order valence-corrected chi connectivity index (χ2v) is 6.71. The minimum atomic E-state index is 0.746. The van der Waals surface area contributed by atoms with Crippen LogP contribution < -0.4 is 9.80 Å². The molecule has 0 spiro atoms. The molecule has 1 aliphatic heterocycles. The third-order valence-corrected chi connectivity index (χ3v) is 5.03. The Morgan fingerprint density at radius 1 is 0.923 bits per heavy atom. The van der Waals surface area contributed by atoms with Gasteiger partial charge in [0.2, 0.25) is 0 Å².